The highest BCUT2D eigenvalue weighted by molar-refractivity contribution is 7.09. The van der Waals surface area contributed by atoms with E-state index in [0.29, 0.717) is 12.3 Å². The number of hydrogen-bond acceptors (Lipinski definition) is 3. The van der Waals surface area contributed by atoms with Crippen LogP contribution in [0.5, 0.6) is 0 Å². The largest absolute Gasteiger partial charge is 0.319 e. The summed E-state index contributed by atoms with van der Waals surface area (Å²) >= 11 is 1.71. The van der Waals surface area contributed by atoms with Gasteiger partial charge in [-0.1, -0.05) is 6.07 Å². The molecule has 1 aromatic rings. The number of nitrogens with two attached hydrogens (primary N) is 1. The highest BCUT2D eigenvalue weighted by Gasteiger charge is 2.43. The molecule has 0 spiro atoms. The van der Waals surface area contributed by atoms with Gasteiger partial charge in [-0.25, -0.2) is 0 Å². The van der Waals surface area contributed by atoms with Crippen molar-refractivity contribution in [1.82, 2.24) is 0 Å². The molecule has 1 fully saturated rings. The van der Waals surface area contributed by atoms with Crippen molar-refractivity contribution >= 4 is 17.1 Å². The summed E-state index contributed by atoms with van der Waals surface area (Å²) in [6.07, 6.45) is 3.68. The van der Waals surface area contributed by atoms with Crippen molar-refractivity contribution in [3.8, 4) is 0 Å². The Morgan fingerprint density at radius 1 is 1.67 bits per heavy atom. The van der Waals surface area contributed by atoms with Gasteiger partial charge < -0.3 is 5.73 Å². The van der Waals surface area contributed by atoms with E-state index in [1.54, 1.807) is 11.3 Å². The van der Waals surface area contributed by atoms with E-state index in [4.69, 9.17) is 5.73 Å². The van der Waals surface area contributed by atoms with E-state index in [1.165, 1.54) is 4.88 Å². The summed E-state index contributed by atoms with van der Waals surface area (Å²) in [4.78, 5) is 13.2. The van der Waals surface area contributed by atoms with Gasteiger partial charge in [0.05, 0.1) is 5.54 Å². The van der Waals surface area contributed by atoms with E-state index < -0.39 is 5.54 Å². The first-order chi connectivity index (χ1) is 7.10. The summed E-state index contributed by atoms with van der Waals surface area (Å²) in [5, 5.41) is 2.04. The maximum Gasteiger partial charge on any atom is 0.153 e. The Morgan fingerprint density at radius 3 is 2.93 bits per heavy atom. The van der Waals surface area contributed by atoms with Gasteiger partial charge in [0.15, 0.2) is 5.78 Å². The van der Waals surface area contributed by atoms with Crippen LogP contribution in [-0.4, -0.2) is 11.3 Å². The highest BCUT2D eigenvalue weighted by atomic mass is 32.1. The predicted octanol–water partition coefficient (Wildman–Crippen LogP) is 2.38. The second-order valence-corrected chi connectivity index (χ2v) is 5.59. The van der Waals surface area contributed by atoms with Crippen molar-refractivity contribution in [2.75, 3.05) is 0 Å². The lowest BCUT2D eigenvalue weighted by atomic mass is 9.89. The van der Waals surface area contributed by atoms with Gasteiger partial charge in [0.1, 0.15) is 0 Å². The number of aryl methyl sites for hydroxylation is 1. The SMILES string of the molecule is CC(N)(C(=O)CCc1cccs1)C1CC1. The van der Waals surface area contributed by atoms with Crippen molar-refractivity contribution in [3.63, 3.8) is 0 Å². The summed E-state index contributed by atoms with van der Waals surface area (Å²) in [5.41, 5.74) is 5.49. The van der Waals surface area contributed by atoms with Crippen LogP contribution < -0.4 is 5.73 Å². The molecule has 0 bridgehead atoms. The number of rotatable bonds is 5. The Hall–Kier alpha value is -0.670. The first-order valence-corrected chi connectivity index (χ1v) is 6.33. The van der Waals surface area contributed by atoms with Gasteiger partial charge in [0.2, 0.25) is 0 Å². The number of thiophene rings is 1. The first kappa shape index (κ1) is 10.8. The number of carbonyl (C=O) groups is 1. The van der Waals surface area contributed by atoms with Crippen LogP contribution in [0, 0.1) is 5.92 Å². The normalized spacial score (nSPS) is 19.9. The average molecular weight is 223 g/mol. The van der Waals surface area contributed by atoms with E-state index in [-0.39, 0.29) is 5.78 Å². The molecule has 1 aromatic heterocycles. The summed E-state index contributed by atoms with van der Waals surface area (Å²) in [6.45, 7) is 1.89. The average Bonchev–Trinajstić information content (AvgIpc) is 2.94. The number of Topliss-reactive ketones (excluding diaryl/α,β-unsaturated/α-hetero) is 1. The minimum atomic E-state index is -0.572. The van der Waals surface area contributed by atoms with Gasteiger partial charge in [-0.3, -0.25) is 4.79 Å². The Morgan fingerprint density at radius 2 is 2.40 bits per heavy atom. The van der Waals surface area contributed by atoms with Gasteiger partial charge in [-0.05, 0) is 43.6 Å². The van der Waals surface area contributed by atoms with E-state index >= 15 is 0 Å². The van der Waals surface area contributed by atoms with Crippen molar-refractivity contribution in [2.45, 2.75) is 38.1 Å². The van der Waals surface area contributed by atoms with Crippen LogP contribution in [0.3, 0.4) is 0 Å². The van der Waals surface area contributed by atoms with Gasteiger partial charge in [0, 0.05) is 11.3 Å². The fourth-order valence-electron chi connectivity index (χ4n) is 1.87. The van der Waals surface area contributed by atoms with Gasteiger partial charge in [-0.2, -0.15) is 0 Å². The van der Waals surface area contributed by atoms with Crippen molar-refractivity contribution in [1.29, 1.82) is 0 Å². The zero-order valence-electron chi connectivity index (χ0n) is 9.03. The van der Waals surface area contributed by atoms with Gasteiger partial charge >= 0.3 is 0 Å². The molecule has 1 aliphatic rings. The van der Waals surface area contributed by atoms with Crippen LogP contribution in [-0.2, 0) is 11.2 Å². The van der Waals surface area contributed by atoms with Crippen molar-refractivity contribution in [3.05, 3.63) is 22.4 Å². The quantitative estimate of drug-likeness (QED) is 0.832. The van der Waals surface area contributed by atoms with Gasteiger partial charge in [-0.15, -0.1) is 11.3 Å². The smallest absolute Gasteiger partial charge is 0.153 e. The molecule has 1 aliphatic carbocycles. The second-order valence-electron chi connectivity index (χ2n) is 4.56. The molecule has 0 aromatic carbocycles. The maximum absolute atomic E-state index is 11.9. The monoisotopic (exact) mass is 223 g/mol. The molecule has 0 aliphatic heterocycles. The topological polar surface area (TPSA) is 43.1 Å². The molecule has 3 heteroatoms. The predicted molar refractivity (Wildman–Crippen MR) is 63.0 cm³/mol. The van der Waals surface area contributed by atoms with E-state index in [0.717, 1.165) is 19.3 Å². The minimum Gasteiger partial charge on any atom is -0.319 e. The number of ketones is 1. The fourth-order valence-corrected chi connectivity index (χ4v) is 2.58. The van der Waals surface area contributed by atoms with Crippen molar-refractivity contribution in [2.24, 2.45) is 11.7 Å². The first-order valence-electron chi connectivity index (χ1n) is 5.45. The molecule has 0 amide bonds. The summed E-state index contributed by atoms with van der Waals surface area (Å²) < 4.78 is 0. The number of hydrogen-bond donors (Lipinski definition) is 1. The third kappa shape index (κ3) is 2.47. The Labute approximate surface area is 94.5 Å². The molecule has 2 nitrogen and oxygen atoms in total. The van der Waals surface area contributed by atoms with Crippen LogP contribution >= 0.6 is 11.3 Å². The van der Waals surface area contributed by atoms with Crippen molar-refractivity contribution < 1.29 is 4.79 Å². The van der Waals surface area contributed by atoms with Crippen LogP contribution in [0.4, 0.5) is 0 Å². The third-order valence-electron chi connectivity index (χ3n) is 3.20. The van der Waals surface area contributed by atoms with Crippen LogP contribution in [0.1, 0.15) is 31.1 Å². The molecule has 15 heavy (non-hydrogen) atoms. The van der Waals surface area contributed by atoms with Crippen LogP contribution in [0.2, 0.25) is 0 Å². The lowest BCUT2D eigenvalue weighted by Crippen LogP contribution is -2.47. The molecule has 2 rings (SSSR count). The van der Waals surface area contributed by atoms with Crippen LogP contribution in [0.25, 0.3) is 0 Å². The molecule has 0 saturated heterocycles. The molecule has 2 N–H and O–H groups in total. The Balaban J connectivity index is 1.86. The second kappa shape index (κ2) is 4.06. The molecule has 1 unspecified atom stereocenters. The highest BCUT2D eigenvalue weighted by Crippen LogP contribution is 2.39. The Kier molecular flexibility index (Phi) is 2.94. The molecular formula is C12H17NOS. The Bertz CT molecular complexity index is 339. The lowest BCUT2D eigenvalue weighted by Gasteiger charge is -2.22. The lowest BCUT2D eigenvalue weighted by molar-refractivity contribution is -0.124. The molecule has 0 radical (unpaired) electrons. The molecule has 1 saturated carbocycles. The molecule has 1 atom stereocenters. The van der Waals surface area contributed by atoms with Gasteiger partial charge in [0.25, 0.3) is 0 Å². The third-order valence-corrected chi connectivity index (χ3v) is 4.14. The summed E-state index contributed by atoms with van der Waals surface area (Å²) in [5.74, 6) is 0.659. The maximum atomic E-state index is 11.9. The zero-order valence-corrected chi connectivity index (χ0v) is 9.85. The van der Waals surface area contributed by atoms with E-state index in [9.17, 15) is 4.79 Å². The van der Waals surface area contributed by atoms with E-state index in [1.807, 2.05) is 18.4 Å². The molecule has 1 heterocycles. The fraction of sp³-hybridized carbons (Fsp3) is 0.583. The summed E-state index contributed by atoms with van der Waals surface area (Å²) in [7, 11) is 0. The van der Waals surface area contributed by atoms with Crippen LogP contribution in [0.15, 0.2) is 17.5 Å². The molecular weight excluding hydrogens is 206 g/mol. The minimum absolute atomic E-state index is 0.221. The summed E-state index contributed by atoms with van der Waals surface area (Å²) in [6, 6.07) is 4.09. The van der Waals surface area contributed by atoms with E-state index in [2.05, 4.69) is 6.07 Å². The standard InChI is InChI=1S/C12H17NOS/c1-12(13,9-4-5-9)11(14)7-6-10-3-2-8-15-10/h2-3,8-9H,4-7,13H2,1H3. The number of carbonyl (C=O) groups excluding carboxylic acids is 1. The molecule has 82 valence electrons. The zero-order chi connectivity index (χ0) is 10.9.